The molecule has 0 spiro atoms. The van der Waals surface area contributed by atoms with Crippen LogP contribution in [0.3, 0.4) is 0 Å². The zero-order chi connectivity index (χ0) is 14.2. The van der Waals surface area contributed by atoms with Crippen molar-refractivity contribution < 1.29 is 8.42 Å². The molecular weight excluding hydrogens is 260 g/mol. The van der Waals surface area contributed by atoms with Crippen molar-refractivity contribution in [3.63, 3.8) is 0 Å². The quantitative estimate of drug-likeness (QED) is 0.836. The lowest BCUT2D eigenvalue weighted by Gasteiger charge is -2.16. The van der Waals surface area contributed by atoms with Crippen molar-refractivity contribution >= 4 is 15.7 Å². The second-order valence-corrected chi connectivity index (χ2v) is 7.37. The fraction of sp³-hybridized carbons (Fsp3) is 0.571. The molecule has 1 aromatic carbocycles. The number of aryl methyl sites for hydroxylation is 2. The van der Waals surface area contributed by atoms with Crippen LogP contribution in [0.5, 0.6) is 0 Å². The lowest BCUT2D eigenvalue weighted by Crippen LogP contribution is -2.33. The Bertz CT molecular complexity index is 558. The second-order valence-electron chi connectivity index (χ2n) is 5.72. The van der Waals surface area contributed by atoms with Crippen LogP contribution >= 0.6 is 0 Å². The van der Waals surface area contributed by atoms with Gasteiger partial charge in [-0.25, -0.2) is 13.1 Å². The van der Waals surface area contributed by atoms with Crippen LogP contribution < -0.4 is 10.5 Å². The zero-order valence-electron chi connectivity index (χ0n) is 11.7. The van der Waals surface area contributed by atoms with Crippen LogP contribution in [0.25, 0.3) is 0 Å². The van der Waals surface area contributed by atoms with E-state index in [1.165, 1.54) is 0 Å². The standard InChI is InChI=1S/C14H22N2O2S/c1-9-4-5-13(6-9)16-19(17,18)14-10(2)7-12(15)8-11(14)3/h7-9,13,16H,4-6,15H2,1-3H3. The highest BCUT2D eigenvalue weighted by Gasteiger charge is 2.28. The zero-order valence-corrected chi connectivity index (χ0v) is 12.5. The Labute approximate surface area is 115 Å². The topological polar surface area (TPSA) is 72.2 Å². The van der Waals surface area contributed by atoms with Crippen molar-refractivity contribution in [2.45, 2.75) is 51.0 Å². The molecule has 3 N–H and O–H groups in total. The largest absolute Gasteiger partial charge is 0.399 e. The first-order valence-corrected chi connectivity index (χ1v) is 8.17. The summed E-state index contributed by atoms with van der Waals surface area (Å²) < 4.78 is 27.8. The number of hydrogen-bond donors (Lipinski definition) is 2. The molecule has 1 aromatic rings. The first kappa shape index (κ1) is 14.3. The smallest absolute Gasteiger partial charge is 0.241 e. The molecule has 106 valence electrons. The van der Waals surface area contributed by atoms with Crippen molar-refractivity contribution in [3.8, 4) is 0 Å². The predicted octanol–water partition coefficient (Wildman–Crippen LogP) is 2.35. The Balaban J connectivity index is 2.30. The summed E-state index contributed by atoms with van der Waals surface area (Å²) in [5.74, 6) is 0.598. The fourth-order valence-corrected chi connectivity index (χ4v) is 4.74. The van der Waals surface area contributed by atoms with Gasteiger partial charge < -0.3 is 5.73 Å². The van der Waals surface area contributed by atoms with Crippen LogP contribution in [0.4, 0.5) is 5.69 Å². The highest BCUT2D eigenvalue weighted by molar-refractivity contribution is 7.89. The lowest BCUT2D eigenvalue weighted by molar-refractivity contribution is 0.537. The van der Waals surface area contributed by atoms with Crippen LogP contribution in [0.1, 0.15) is 37.3 Å². The summed E-state index contributed by atoms with van der Waals surface area (Å²) in [7, 11) is -3.45. The van der Waals surface area contributed by atoms with Crippen molar-refractivity contribution in [3.05, 3.63) is 23.3 Å². The van der Waals surface area contributed by atoms with E-state index in [1.54, 1.807) is 26.0 Å². The molecule has 19 heavy (non-hydrogen) atoms. The van der Waals surface area contributed by atoms with Crippen molar-refractivity contribution in [1.82, 2.24) is 4.72 Å². The molecule has 1 aliphatic carbocycles. The molecule has 2 unspecified atom stereocenters. The van der Waals surface area contributed by atoms with Crippen molar-refractivity contribution in [2.75, 3.05) is 5.73 Å². The molecule has 0 heterocycles. The van der Waals surface area contributed by atoms with E-state index < -0.39 is 10.0 Å². The van der Waals surface area contributed by atoms with Gasteiger partial charge in [0.2, 0.25) is 10.0 Å². The van der Waals surface area contributed by atoms with Gasteiger partial charge in [-0.05, 0) is 62.3 Å². The number of hydrogen-bond acceptors (Lipinski definition) is 3. The number of sulfonamides is 1. The minimum Gasteiger partial charge on any atom is -0.399 e. The number of nitrogens with two attached hydrogens (primary N) is 1. The van der Waals surface area contributed by atoms with Gasteiger partial charge in [-0.1, -0.05) is 6.92 Å². The molecule has 5 heteroatoms. The number of benzene rings is 1. The Hall–Kier alpha value is -1.07. The van der Waals surface area contributed by atoms with E-state index in [0.717, 1.165) is 19.3 Å². The maximum atomic E-state index is 12.5. The average molecular weight is 282 g/mol. The SMILES string of the molecule is Cc1cc(N)cc(C)c1S(=O)(=O)NC1CCC(C)C1. The van der Waals surface area contributed by atoms with Crippen molar-refractivity contribution in [1.29, 1.82) is 0 Å². The normalized spacial score (nSPS) is 23.7. The summed E-state index contributed by atoms with van der Waals surface area (Å²) in [6.45, 7) is 5.73. The van der Waals surface area contributed by atoms with Crippen LogP contribution in [0.2, 0.25) is 0 Å². The molecule has 2 rings (SSSR count). The van der Waals surface area contributed by atoms with Crippen LogP contribution in [0, 0.1) is 19.8 Å². The van der Waals surface area contributed by atoms with Gasteiger partial charge in [-0.2, -0.15) is 0 Å². The van der Waals surface area contributed by atoms with E-state index in [9.17, 15) is 8.42 Å². The molecule has 0 bridgehead atoms. The van der Waals surface area contributed by atoms with Gasteiger partial charge in [0.15, 0.2) is 0 Å². The van der Waals surface area contributed by atoms with Gasteiger partial charge in [0.05, 0.1) is 4.90 Å². The minimum atomic E-state index is -3.45. The van der Waals surface area contributed by atoms with Gasteiger partial charge in [-0.3, -0.25) is 0 Å². The summed E-state index contributed by atoms with van der Waals surface area (Å²) in [6, 6.07) is 3.48. The van der Waals surface area contributed by atoms with E-state index >= 15 is 0 Å². The highest BCUT2D eigenvalue weighted by Crippen LogP contribution is 2.28. The minimum absolute atomic E-state index is 0.0661. The predicted molar refractivity (Wildman–Crippen MR) is 77.5 cm³/mol. The van der Waals surface area contributed by atoms with Gasteiger partial charge in [-0.15, -0.1) is 0 Å². The molecule has 1 aliphatic rings. The van der Waals surface area contributed by atoms with E-state index in [4.69, 9.17) is 5.73 Å². The number of nitrogen functional groups attached to an aromatic ring is 1. The van der Waals surface area contributed by atoms with Crippen LogP contribution in [-0.2, 0) is 10.0 Å². The molecule has 0 radical (unpaired) electrons. The first-order chi connectivity index (χ1) is 8.79. The summed E-state index contributed by atoms with van der Waals surface area (Å²) in [5, 5.41) is 0. The lowest BCUT2D eigenvalue weighted by atomic mass is 10.1. The average Bonchev–Trinajstić information content (AvgIpc) is 2.60. The third-order valence-corrected chi connectivity index (χ3v) is 5.59. The highest BCUT2D eigenvalue weighted by atomic mass is 32.2. The van der Waals surface area contributed by atoms with Gasteiger partial charge in [0.25, 0.3) is 0 Å². The Kier molecular flexibility index (Phi) is 3.87. The molecular formula is C14H22N2O2S. The Morgan fingerprint density at radius 1 is 1.21 bits per heavy atom. The summed E-state index contributed by atoms with van der Waals surface area (Å²) >= 11 is 0. The molecule has 4 nitrogen and oxygen atoms in total. The Morgan fingerprint density at radius 2 is 1.79 bits per heavy atom. The molecule has 1 fully saturated rings. The molecule has 2 atom stereocenters. The third-order valence-electron chi connectivity index (χ3n) is 3.77. The maximum Gasteiger partial charge on any atom is 0.241 e. The second kappa shape index (κ2) is 5.13. The molecule has 0 saturated heterocycles. The summed E-state index contributed by atoms with van der Waals surface area (Å²) in [5.41, 5.74) is 7.75. The van der Waals surface area contributed by atoms with Gasteiger partial charge >= 0.3 is 0 Å². The summed E-state index contributed by atoms with van der Waals surface area (Å²) in [4.78, 5) is 0.376. The first-order valence-electron chi connectivity index (χ1n) is 6.68. The van der Waals surface area contributed by atoms with Crippen LogP contribution in [0.15, 0.2) is 17.0 Å². The van der Waals surface area contributed by atoms with Gasteiger partial charge in [0.1, 0.15) is 0 Å². The van der Waals surface area contributed by atoms with Gasteiger partial charge in [0, 0.05) is 11.7 Å². The maximum absolute atomic E-state index is 12.5. The molecule has 1 saturated carbocycles. The molecule has 0 amide bonds. The van der Waals surface area contributed by atoms with E-state index in [-0.39, 0.29) is 6.04 Å². The number of nitrogens with one attached hydrogen (secondary N) is 1. The van der Waals surface area contributed by atoms with E-state index in [0.29, 0.717) is 27.6 Å². The third kappa shape index (κ3) is 3.09. The number of anilines is 1. The molecule has 0 aromatic heterocycles. The number of rotatable bonds is 3. The molecule has 0 aliphatic heterocycles. The van der Waals surface area contributed by atoms with E-state index in [1.807, 2.05) is 0 Å². The van der Waals surface area contributed by atoms with Crippen LogP contribution in [-0.4, -0.2) is 14.5 Å². The van der Waals surface area contributed by atoms with E-state index in [2.05, 4.69) is 11.6 Å². The fourth-order valence-electron chi connectivity index (χ4n) is 3.00. The summed E-state index contributed by atoms with van der Waals surface area (Å²) in [6.07, 6.45) is 2.94. The Morgan fingerprint density at radius 3 is 2.26 bits per heavy atom. The van der Waals surface area contributed by atoms with Crippen molar-refractivity contribution in [2.24, 2.45) is 5.92 Å². The monoisotopic (exact) mass is 282 g/mol.